The number of thioether (sulfide) groups is 1. The molecule has 2 aromatic carbocycles. The molecule has 0 radical (unpaired) electrons. The normalized spacial score (nSPS) is 11.3. The van der Waals surface area contributed by atoms with Crippen molar-refractivity contribution in [2.45, 2.75) is 18.6 Å². The third-order valence-electron chi connectivity index (χ3n) is 4.41. The van der Waals surface area contributed by atoms with E-state index in [4.69, 9.17) is 0 Å². The maximum atomic E-state index is 12.2. The molecule has 0 atom stereocenters. The SMILES string of the molecule is CCn1c(SCC(=O)NN=Cc2c[nH]c3ccccc23)nnc1-c1ccccc1. The zero-order valence-corrected chi connectivity index (χ0v) is 16.7. The van der Waals surface area contributed by atoms with Crippen LogP contribution in [0.3, 0.4) is 0 Å². The lowest BCUT2D eigenvalue weighted by atomic mass is 10.2. The minimum absolute atomic E-state index is 0.196. The molecule has 0 aliphatic rings. The Bertz CT molecular complexity index is 1150. The Morgan fingerprint density at radius 3 is 2.79 bits per heavy atom. The van der Waals surface area contributed by atoms with Crippen molar-refractivity contribution in [3.8, 4) is 11.4 Å². The standard InChI is InChI=1S/C21H20N6OS/c1-2-27-20(15-8-4-3-5-9-15)25-26-21(27)29-14-19(28)24-23-13-16-12-22-18-11-7-6-10-17(16)18/h3-13,22H,2,14H2,1H3,(H,24,28). The fraction of sp³-hybridized carbons (Fsp3) is 0.143. The second kappa shape index (κ2) is 8.74. The molecule has 0 saturated carbocycles. The number of aromatic amines is 1. The molecule has 0 aliphatic heterocycles. The second-order valence-electron chi connectivity index (χ2n) is 6.29. The van der Waals surface area contributed by atoms with Crippen LogP contribution in [-0.2, 0) is 11.3 Å². The second-order valence-corrected chi connectivity index (χ2v) is 7.23. The van der Waals surface area contributed by atoms with Crippen LogP contribution in [0, 0.1) is 0 Å². The highest BCUT2D eigenvalue weighted by Gasteiger charge is 2.14. The fourth-order valence-corrected chi connectivity index (χ4v) is 3.81. The fourth-order valence-electron chi connectivity index (χ4n) is 3.02. The third-order valence-corrected chi connectivity index (χ3v) is 5.38. The van der Waals surface area contributed by atoms with Crippen molar-refractivity contribution >= 4 is 34.8 Å². The number of rotatable bonds is 7. The van der Waals surface area contributed by atoms with Crippen LogP contribution >= 0.6 is 11.8 Å². The number of amides is 1. The van der Waals surface area contributed by atoms with Crippen LogP contribution in [0.2, 0.25) is 0 Å². The van der Waals surface area contributed by atoms with Crippen molar-refractivity contribution in [2.24, 2.45) is 5.10 Å². The number of fused-ring (bicyclic) bond motifs is 1. The molecule has 29 heavy (non-hydrogen) atoms. The van der Waals surface area contributed by atoms with E-state index >= 15 is 0 Å². The van der Waals surface area contributed by atoms with Crippen LogP contribution < -0.4 is 5.43 Å². The first-order chi connectivity index (χ1) is 14.3. The molecule has 0 unspecified atom stereocenters. The molecule has 2 aromatic heterocycles. The number of nitrogens with one attached hydrogen (secondary N) is 2. The van der Waals surface area contributed by atoms with E-state index in [0.717, 1.165) is 34.4 Å². The summed E-state index contributed by atoms with van der Waals surface area (Å²) in [6.45, 7) is 2.76. The van der Waals surface area contributed by atoms with Crippen molar-refractivity contribution in [3.05, 3.63) is 66.4 Å². The van der Waals surface area contributed by atoms with E-state index in [-0.39, 0.29) is 11.7 Å². The smallest absolute Gasteiger partial charge is 0.250 e. The number of para-hydroxylation sites is 1. The number of benzene rings is 2. The van der Waals surface area contributed by atoms with E-state index in [1.807, 2.05) is 72.3 Å². The first-order valence-electron chi connectivity index (χ1n) is 9.25. The lowest BCUT2D eigenvalue weighted by Crippen LogP contribution is -2.20. The van der Waals surface area contributed by atoms with Crippen molar-refractivity contribution in [2.75, 3.05) is 5.75 Å². The molecule has 4 aromatic rings. The van der Waals surface area contributed by atoms with E-state index in [1.165, 1.54) is 11.8 Å². The van der Waals surface area contributed by atoms with Gasteiger partial charge in [0, 0.05) is 34.8 Å². The lowest BCUT2D eigenvalue weighted by molar-refractivity contribution is -0.118. The number of nitrogens with zero attached hydrogens (tertiary/aromatic N) is 4. The average molecular weight is 404 g/mol. The molecule has 8 heteroatoms. The number of hydrogen-bond acceptors (Lipinski definition) is 5. The van der Waals surface area contributed by atoms with Gasteiger partial charge in [0.2, 0.25) is 0 Å². The molecule has 0 bridgehead atoms. The average Bonchev–Trinajstić information content (AvgIpc) is 3.37. The molecule has 2 heterocycles. The van der Waals surface area contributed by atoms with Crippen LogP contribution in [-0.4, -0.2) is 37.6 Å². The van der Waals surface area contributed by atoms with Crippen LogP contribution in [0.1, 0.15) is 12.5 Å². The molecule has 4 rings (SSSR count). The minimum Gasteiger partial charge on any atom is -0.361 e. The first-order valence-corrected chi connectivity index (χ1v) is 10.2. The zero-order chi connectivity index (χ0) is 20.1. The Kier molecular flexibility index (Phi) is 5.71. The van der Waals surface area contributed by atoms with Crippen LogP contribution in [0.5, 0.6) is 0 Å². The van der Waals surface area contributed by atoms with E-state index in [2.05, 4.69) is 25.7 Å². The minimum atomic E-state index is -0.196. The number of carbonyl (C=O) groups excluding carboxylic acids is 1. The van der Waals surface area contributed by atoms with Crippen molar-refractivity contribution < 1.29 is 4.79 Å². The van der Waals surface area contributed by atoms with Gasteiger partial charge in [-0.25, -0.2) is 5.43 Å². The number of hydrazone groups is 1. The molecular weight excluding hydrogens is 384 g/mol. The lowest BCUT2D eigenvalue weighted by Gasteiger charge is -2.06. The summed E-state index contributed by atoms with van der Waals surface area (Å²) in [7, 11) is 0. The Morgan fingerprint density at radius 1 is 1.17 bits per heavy atom. The molecule has 0 spiro atoms. The maximum Gasteiger partial charge on any atom is 0.250 e. The zero-order valence-electron chi connectivity index (χ0n) is 15.9. The van der Waals surface area contributed by atoms with E-state index in [0.29, 0.717) is 5.16 Å². The highest BCUT2D eigenvalue weighted by atomic mass is 32.2. The first kappa shape index (κ1) is 18.9. The summed E-state index contributed by atoms with van der Waals surface area (Å²) in [5.41, 5.74) is 5.53. The number of hydrogen-bond donors (Lipinski definition) is 2. The highest BCUT2D eigenvalue weighted by molar-refractivity contribution is 7.99. The van der Waals surface area contributed by atoms with Gasteiger partial charge in [0.1, 0.15) is 0 Å². The quantitative estimate of drug-likeness (QED) is 0.279. The van der Waals surface area contributed by atoms with E-state index in [1.54, 1.807) is 6.21 Å². The van der Waals surface area contributed by atoms with Crippen LogP contribution in [0.25, 0.3) is 22.3 Å². The van der Waals surface area contributed by atoms with Gasteiger partial charge in [-0.15, -0.1) is 10.2 Å². The van der Waals surface area contributed by atoms with Crippen LogP contribution in [0.15, 0.2) is 71.1 Å². The number of aromatic nitrogens is 4. The Morgan fingerprint density at radius 2 is 1.97 bits per heavy atom. The molecule has 0 aliphatic carbocycles. The largest absolute Gasteiger partial charge is 0.361 e. The van der Waals surface area contributed by atoms with Gasteiger partial charge in [0.15, 0.2) is 11.0 Å². The Hall–Kier alpha value is -3.39. The van der Waals surface area contributed by atoms with E-state index in [9.17, 15) is 4.79 Å². The molecule has 7 nitrogen and oxygen atoms in total. The van der Waals surface area contributed by atoms with Crippen molar-refractivity contribution in [1.29, 1.82) is 0 Å². The van der Waals surface area contributed by atoms with Crippen molar-refractivity contribution in [3.63, 3.8) is 0 Å². The molecule has 0 fully saturated rings. The van der Waals surface area contributed by atoms with Gasteiger partial charge in [-0.05, 0) is 13.0 Å². The highest BCUT2D eigenvalue weighted by Crippen LogP contribution is 2.23. The summed E-state index contributed by atoms with van der Waals surface area (Å²) in [4.78, 5) is 15.3. The molecule has 0 saturated heterocycles. The topological polar surface area (TPSA) is 88.0 Å². The molecule has 2 N–H and O–H groups in total. The van der Waals surface area contributed by atoms with Gasteiger partial charge < -0.3 is 9.55 Å². The third kappa shape index (κ3) is 4.22. The molecular formula is C21H20N6OS. The number of carbonyl (C=O) groups is 1. The van der Waals surface area contributed by atoms with Gasteiger partial charge in [-0.1, -0.05) is 60.3 Å². The summed E-state index contributed by atoms with van der Waals surface area (Å²) in [5, 5.41) is 14.4. The molecule has 146 valence electrons. The summed E-state index contributed by atoms with van der Waals surface area (Å²) in [5.74, 6) is 0.810. The maximum absolute atomic E-state index is 12.2. The summed E-state index contributed by atoms with van der Waals surface area (Å²) < 4.78 is 2.00. The van der Waals surface area contributed by atoms with Gasteiger partial charge in [-0.3, -0.25) is 4.79 Å². The number of H-pyrrole nitrogens is 1. The monoisotopic (exact) mass is 404 g/mol. The Labute approximate surface area is 172 Å². The van der Waals surface area contributed by atoms with Gasteiger partial charge >= 0.3 is 0 Å². The van der Waals surface area contributed by atoms with Crippen molar-refractivity contribution in [1.82, 2.24) is 25.2 Å². The predicted molar refractivity (Wildman–Crippen MR) is 116 cm³/mol. The van der Waals surface area contributed by atoms with Gasteiger partial charge in [0.25, 0.3) is 5.91 Å². The summed E-state index contributed by atoms with van der Waals surface area (Å²) in [6.07, 6.45) is 3.51. The Balaban J connectivity index is 1.37. The van der Waals surface area contributed by atoms with Crippen LogP contribution in [0.4, 0.5) is 0 Å². The summed E-state index contributed by atoms with van der Waals surface area (Å²) >= 11 is 1.34. The van der Waals surface area contributed by atoms with Gasteiger partial charge in [0.05, 0.1) is 12.0 Å². The van der Waals surface area contributed by atoms with Gasteiger partial charge in [-0.2, -0.15) is 5.10 Å². The predicted octanol–water partition coefficient (Wildman–Crippen LogP) is 3.69. The summed E-state index contributed by atoms with van der Waals surface area (Å²) in [6, 6.07) is 17.8. The molecule has 1 amide bonds. The van der Waals surface area contributed by atoms with E-state index < -0.39 is 0 Å².